The molecule has 2 rings (SSSR count). The van der Waals surface area contributed by atoms with Crippen LogP contribution in [-0.2, 0) is 16.0 Å². The third-order valence-electron chi connectivity index (χ3n) is 6.08. The molecule has 1 aliphatic rings. The third-order valence-corrected chi connectivity index (χ3v) is 6.17. The van der Waals surface area contributed by atoms with Crippen molar-refractivity contribution in [2.24, 2.45) is 4.99 Å². The van der Waals surface area contributed by atoms with Crippen LogP contribution in [0.2, 0.25) is 0 Å². The van der Waals surface area contributed by atoms with Crippen LogP contribution >= 0.6 is 12.2 Å². The summed E-state index contributed by atoms with van der Waals surface area (Å²) in [6, 6.07) is 7.40. The summed E-state index contributed by atoms with van der Waals surface area (Å²) in [5.74, 6) is -1.77. The summed E-state index contributed by atoms with van der Waals surface area (Å²) >= 11 is 4.65. The topological polar surface area (TPSA) is 120 Å². The van der Waals surface area contributed by atoms with Gasteiger partial charge in [0.2, 0.25) is 0 Å². The number of thiocarbonyl (C=S) groups is 1. The second kappa shape index (κ2) is 14.9. The lowest BCUT2D eigenvalue weighted by Crippen LogP contribution is -2.52. The highest BCUT2D eigenvalue weighted by molar-refractivity contribution is 7.78. The number of carbonyl (C=O) groups is 2. The molecule has 1 unspecified atom stereocenters. The van der Waals surface area contributed by atoms with Crippen molar-refractivity contribution in [3.8, 4) is 0 Å². The van der Waals surface area contributed by atoms with Gasteiger partial charge in [-0.05, 0) is 42.9 Å². The molecule has 1 aromatic carbocycles. The maximum absolute atomic E-state index is 11.5. The molecule has 0 bridgehead atoms. The normalized spacial score (nSPS) is 20.1. The van der Waals surface area contributed by atoms with Crippen molar-refractivity contribution in [2.75, 3.05) is 72.2 Å². The van der Waals surface area contributed by atoms with Crippen molar-refractivity contribution >= 4 is 35.0 Å². The summed E-state index contributed by atoms with van der Waals surface area (Å²) in [4.78, 5) is 34.8. The molecule has 0 saturated carbocycles. The van der Waals surface area contributed by atoms with Crippen LogP contribution < -0.4 is 0 Å². The van der Waals surface area contributed by atoms with E-state index in [4.69, 9.17) is 0 Å². The fourth-order valence-electron chi connectivity index (χ4n) is 4.16. The molecule has 0 aromatic heterocycles. The molecule has 3 N–H and O–H groups in total. The molecule has 1 aromatic rings. The molecule has 0 aliphatic carbocycles. The zero-order valence-electron chi connectivity index (χ0n) is 19.7. The van der Waals surface area contributed by atoms with E-state index < -0.39 is 11.9 Å². The number of aliphatic imine (C=N–C) groups is 1. The van der Waals surface area contributed by atoms with Gasteiger partial charge in [0.15, 0.2) is 0 Å². The second-order valence-electron chi connectivity index (χ2n) is 8.41. The van der Waals surface area contributed by atoms with Gasteiger partial charge in [-0.1, -0.05) is 19.1 Å². The minimum absolute atomic E-state index is 0.0610. The highest BCUT2D eigenvalue weighted by Gasteiger charge is 2.25. The first kappa shape index (κ1) is 28.0. The maximum atomic E-state index is 11.5. The summed E-state index contributed by atoms with van der Waals surface area (Å²) in [6.07, 6.45) is 0.592. The van der Waals surface area contributed by atoms with Crippen molar-refractivity contribution in [2.45, 2.75) is 19.4 Å². The van der Waals surface area contributed by atoms with Gasteiger partial charge in [0.25, 0.3) is 0 Å². The maximum Gasteiger partial charge on any atom is 0.317 e. The van der Waals surface area contributed by atoms with Crippen LogP contribution in [0.5, 0.6) is 0 Å². The number of benzene rings is 1. The van der Waals surface area contributed by atoms with Gasteiger partial charge in [0.05, 0.1) is 30.7 Å². The quantitative estimate of drug-likeness (QED) is 0.335. The Morgan fingerprint density at radius 2 is 1.53 bits per heavy atom. The number of hydrogen-bond donors (Lipinski definition) is 3. The van der Waals surface area contributed by atoms with E-state index in [-0.39, 0.29) is 25.9 Å². The number of aliphatic hydroxyl groups excluding tert-OH is 1. The molecule has 0 spiro atoms. The highest BCUT2D eigenvalue weighted by Crippen LogP contribution is 2.16. The molecule has 188 valence electrons. The Hall–Kier alpha value is -2.24. The summed E-state index contributed by atoms with van der Waals surface area (Å²) in [5, 5.41) is 31.3. The SMILES string of the molecule is CCN1CCN(CC(=O)O)CCN(CO)C(Cc2ccc(N=C=S)cc2)CN(CC(=O)O)CC1. The van der Waals surface area contributed by atoms with Gasteiger partial charge in [-0.3, -0.25) is 24.3 Å². The Labute approximate surface area is 206 Å². The van der Waals surface area contributed by atoms with Gasteiger partial charge in [-0.25, -0.2) is 0 Å². The smallest absolute Gasteiger partial charge is 0.317 e. The van der Waals surface area contributed by atoms with E-state index in [0.717, 1.165) is 12.1 Å². The molecule has 11 heteroatoms. The van der Waals surface area contributed by atoms with E-state index in [0.29, 0.717) is 57.9 Å². The van der Waals surface area contributed by atoms with Crippen LogP contribution in [0.3, 0.4) is 0 Å². The molecule has 1 atom stereocenters. The molecule has 1 aliphatic heterocycles. The van der Waals surface area contributed by atoms with Crippen molar-refractivity contribution in [3.63, 3.8) is 0 Å². The first-order valence-corrected chi connectivity index (χ1v) is 11.9. The van der Waals surface area contributed by atoms with E-state index in [1.165, 1.54) is 0 Å². The second-order valence-corrected chi connectivity index (χ2v) is 8.60. The summed E-state index contributed by atoms with van der Waals surface area (Å²) in [7, 11) is 0. The molecule has 1 fully saturated rings. The molecular formula is C23H35N5O5S. The lowest BCUT2D eigenvalue weighted by atomic mass is 10.0. The van der Waals surface area contributed by atoms with Crippen molar-refractivity contribution in [1.29, 1.82) is 0 Å². The fraction of sp³-hybridized carbons (Fsp3) is 0.609. The van der Waals surface area contributed by atoms with Crippen molar-refractivity contribution < 1.29 is 24.9 Å². The third kappa shape index (κ3) is 9.94. The fourth-order valence-corrected chi connectivity index (χ4v) is 4.26. The molecule has 10 nitrogen and oxygen atoms in total. The predicted molar refractivity (Wildman–Crippen MR) is 133 cm³/mol. The number of hydrogen-bond acceptors (Lipinski definition) is 9. The van der Waals surface area contributed by atoms with Gasteiger partial charge in [-0.15, -0.1) is 0 Å². The van der Waals surface area contributed by atoms with Gasteiger partial charge in [0, 0.05) is 51.9 Å². The summed E-state index contributed by atoms with van der Waals surface area (Å²) < 4.78 is 0. The zero-order chi connectivity index (χ0) is 24.9. The first-order valence-electron chi connectivity index (χ1n) is 11.5. The number of likely N-dealkylation sites (N-methyl/N-ethyl adjacent to an activating group) is 1. The van der Waals surface area contributed by atoms with Crippen molar-refractivity contribution in [3.05, 3.63) is 29.8 Å². The van der Waals surface area contributed by atoms with Crippen molar-refractivity contribution in [1.82, 2.24) is 19.6 Å². The standard InChI is InChI=1S/C23H35N5O5S/c1-2-25-7-9-26(15-22(30)31)11-12-28(18-29)21(14-27(10-8-25)16-23(32)33)13-19-3-5-20(6-4-19)24-17-34/h3-6,21,29H,2,7-16,18H2,1H3,(H,30,31)(H,32,33). The Morgan fingerprint density at radius 1 is 0.971 bits per heavy atom. The van der Waals surface area contributed by atoms with E-state index in [1.807, 2.05) is 45.9 Å². The minimum atomic E-state index is -0.889. The average molecular weight is 494 g/mol. The van der Waals surface area contributed by atoms with Crippen LogP contribution in [0.4, 0.5) is 5.69 Å². The van der Waals surface area contributed by atoms with Gasteiger partial charge < -0.3 is 20.2 Å². The van der Waals surface area contributed by atoms with Crippen LogP contribution in [0.1, 0.15) is 12.5 Å². The molecule has 0 amide bonds. The first-order chi connectivity index (χ1) is 16.3. The largest absolute Gasteiger partial charge is 0.480 e. The van der Waals surface area contributed by atoms with Gasteiger partial charge in [-0.2, -0.15) is 4.99 Å². The Balaban J connectivity index is 2.29. The van der Waals surface area contributed by atoms with E-state index in [2.05, 4.69) is 27.3 Å². The average Bonchev–Trinajstić information content (AvgIpc) is 2.79. The minimum Gasteiger partial charge on any atom is -0.480 e. The highest BCUT2D eigenvalue weighted by atomic mass is 32.1. The summed E-state index contributed by atoms with van der Waals surface area (Å²) in [5.41, 5.74) is 1.72. The Bertz CT molecular complexity index is 834. The predicted octanol–water partition coefficient (Wildman–Crippen LogP) is 0.693. The Morgan fingerprint density at radius 3 is 2.09 bits per heavy atom. The van der Waals surface area contributed by atoms with Crippen LogP contribution in [0.25, 0.3) is 0 Å². The lowest BCUT2D eigenvalue weighted by Gasteiger charge is -2.37. The van der Waals surface area contributed by atoms with E-state index in [9.17, 15) is 24.9 Å². The van der Waals surface area contributed by atoms with E-state index >= 15 is 0 Å². The van der Waals surface area contributed by atoms with Crippen LogP contribution in [0, 0.1) is 0 Å². The zero-order valence-corrected chi connectivity index (χ0v) is 20.5. The number of carboxylic acid groups (broad SMARTS) is 2. The number of aliphatic carboxylic acids is 2. The van der Waals surface area contributed by atoms with E-state index in [1.54, 1.807) is 0 Å². The molecular weight excluding hydrogens is 458 g/mol. The van der Waals surface area contributed by atoms with Gasteiger partial charge in [0.1, 0.15) is 0 Å². The number of carboxylic acids is 2. The summed E-state index contributed by atoms with van der Waals surface area (Å²) in [6.45, 7) is 6.44. The number of rotatable bonds is 9. The monoisotopic (exact) mass is 493 g/mol. The number of nitrogens with zero attached hydrogens (tertiary/aromatic N) is 5. The van der Waals surface area contributed by atoms with Gasteiger partial charge >= 0.3 is 11.9 Å². The molecule has 1 heterocycles. The lowest BCUT2D eigenvalue weighted by molar-refractivity contribution is -0.139. The number of isothiocyanates is 1. The molecule has 1 saturated heterocycles. The Kier molecular flexibility index (Phi) is 12.3. The van der Waals surface area contributed by atoms with Crippen LogP contribution in [-0.4, -0.2) is 130 Å². The molecule has 34 heavy (non-hydrogen) atoms. The molecule has 0 radical (unpaired) electrons. The van der Waals surface area contributed by atoms with Crippen LogP contribution in [0.15, 0.2) is 29.3 Å². The number of aliphatic hydroxyl groups is 1.